The fourth-order valence-corrected chi connectivity index (χ4v) is 3.11. The first-order valence-corrected chi connectivity index (χ1v) is 11.3. The Hall–Kier alpha value is -0.980. The largest absolute Gasteiger partial charge is 0.306 e. The minimum atomic E-state index is 0. The van der Waals surface area contributed by atoms with Crippen LogP contribution in [-0.2, 0) is 26.2 Å². The van der Waals surface area contributed by atoms with E-state index in [1.807, 2.05) is 0 Å². The molecule has 0 aliphatic heterocycles. The van der Waals surface area contributed by atoms with E-state index in [4.69, 9.17) is 0 Å². The molecule has 2 heteroatoms. The molecule has 2 aliphatic carbocycles. The molecule has 1 radical (unpaired) electrons. The van der Waals surface area contributed by atoms with Crippen LogP contribution in [0.2, 0.25) is 19.6 Å². The van der Waals surface area contributed by atoms with Crippen LogP contribution in [0.5, 0.6) is 0 Å². The van der Waals surface area contributed by atoms with Gasteiger partial charge in [-0.25, -0.2) is 0 Å². The summed E-state index contributed by atoms with van der Waals surface area (Å²) in [6.07, 6.45) is 11.5. The van der Waals surface area contributed by atoms with Crippen molar-refractivity contribution in [1.82, 2.24) is 0 Å². The van der Waals surface area contributed by atoms with Crippen LogP contribution >= 0.6 is 0 Å². The molecule has 24 heavy (non-hydrogen) atoms. The van der Waals surface area contributed by atoms with E-state index in [9.17, 15) is 0 Å². The molecular weight excluding hydrogens is 384 g/mol. The van der Waals surface area contributed by atoms with Crippen molar-refractivity contribution in [3.05, 3.63) is 89.4 Å². The van der Waals surface area contributed by atoms with Gasteiger partial charge in [0.25, 0.3) is 0 Å². The maximum Gasteiger partial charge on any atom is 0.0379 e. The minimum absolute atomic E-state index is 0. The normalized spacial score (nSPS) is 19.3. The van der Waals surface area contributed by atoms with E-state index >= 15 is 0 Å². The first-order chi connectivity index (χ1) is 11.1. The van der Waals surface area contributed by atoms with Gasteiger partial charge in [0.05, 0.1) is 0 Å². The van der Waals surface area contributed by atoms with Crippen LogP contribution in [0.25, 0.3) is 12.2 Å². The van der Waals surface area contributed by atoms with E-state index in [-0.39, 0.29) is 35.0 Å². The van der Waals surface area contributed by atoms with Gasteiger partial charge in [0.15, 0.2) is 0 Å². The summed E-state index contributed by atoms with van der Waals surface area (Å²) in [4.78, 5) is 0. The molecule has 2 aromatic rings. The zero-order valence-electron chi connectivity index (χ0n) is 14.7. The van der Waals surface area contributed by atoms with E-state index < -0.39 is 0 Å². The topological polar surface area (TPSA) is 0 Å². The Labute approximate surface area is 167 Å². The molecule has 0 spiro atoms. The van der Waals surface area contributed by atoms with Crippen molar-refractivity contribution in [1.29, 1.82) is 0 Å². The van der Waals surface area contributed by atoms with Gasteiger partial charge in [-0.1, -0.05) is 91.5 Å². The third kappa shape index (κ3) is 4.55. The minimum Gasteiger partial charge on any atom is -0.306 e. The van der Waals surface area contributed by atoms with E-state index in [2.05, 4.69) is 98.9 Å². The Morgan fingerprint density at radius 2 is 1.08 bits per heavy atom. The summed E-state index contributed by atoms with van der Waals surface area (Å²) in [5.41, 5.74) is 5.58. The van der Waals surface area contributed by atoms with Gasteiger partial charge in [-0.05, 0) is 11.1 Å². The van der Waals surface area contributed by atoms with Crippen LogP contribution < -0.4 is 0 Å². The van der Waals surface area contributed by atoms with Crippen molar-refractivity contribution in [2.75, 3.05) is 0 Å². The van der Waals surface area contributed by atoms with E-state index in [1.54, 1.807) is 0 Å². The molecule has 2 aliphatic rings. The number of hydrogen-bond acceptors (Lipinski definition) is 0. The summed E-state index contributed by atoms with van der Waals surface area (Å²) in [6, 6.07) is 17.3. The first-order valence-electron chi connectivity index (χ1n) is 8.31. The molecule has 0 saturated heterocycles. The molecule has 2 unspecified atom stereocenters. The molecule has 0 N–H and O–H groups in total. The van der Waals surface area contributed by atoms with Gasteiger partial charge >= 0.3 is 0 Å². The van der Waals surface area contributed by atoms with Crippen molar-refractivity contribution >= 4 is 20.9 Å². The molecule has 0 heterocycles. The van der Waals surface area contributed by atoms with Crippen LogP contribution in [0.1, 0.15) is 34.1 Å². The van der Waals surface area contributed by atoms with Gasteiger partial charge in [0.1, 0.15) is 0 Å². The monoisotopic (exact) mass is 406 g/mol. The summed E-state index contributed by atoms with van der Waals surface area (Å²) in [5.74, 6) is 0.883. The Morgan fingerprint density at radius 1 is 0.708 bits per heavy atom. The van der Waals surface area contributed by atoms with Crippen molar-refractivity contribution in [2.24, 2.45) is 0 Å². The SMILES string of the molecule is C1=CC([CH-]C2C=Cc3ccccc32)c2ccccc21.C[Si](C)C.[Zr]. The molecule has 2 aromatic carbocycles. The molecule has 0 aromatic heterocycles. The Bertz CT molecular complexity index is 668. The third-order valence-corrected chi connectivity index (χ3v) is 4.09. The second-order valence-corrected chi connectivity index (χ2v) is 9.72. The first kappa shape index (κ1) is 19.3. The maximum atomic E-state index is 2.45. The van der Waals surface area contributed by atoms with Gasteiger partial charge in [-0.15, -0.1) is 24.0 Å². The average molecular weight is 408 g/mol. The fourth-order valence-electron chi connectivity index (χ4n) is 3.11. The van der Waals surface area contributed by atoms with Crippen LogP contribution in [0, 0.1) is 6.42 Å². The van der Waals surface area contributed by atoms with Gasteiger partial charge in [0.2, 0.25) is 0 Å². The van der Waals surface area contributed by atoms with Gasteiger partial charge < -0.3 is 6.42 Å². The predicted molar refractivity (Wildman–Crippen MR) is 104 cm³/mol. The van der Waals surface area contributed by atoms with Crippen LogP contribution in [0.15, 0.2) is 60.7 Å². The van der Waals surface area contributed by atoms with Gasteiger partial charge in [-0.3, -0.25) is 0 Å². The van der Waals surface area contributed by atoms with Crippen molar-refractivity contribution < 1.29 is 26.2 Å². The summed E-state index contributed by atoms with van der Waals surface area (Å²) in [7, 11) is 0.120. The second-order valence-electron chi connectivity index (χ2n) is 6.72. The third-order valence-electron chi connectivity index (χ3n) is 4.09. The smallest absolute Gasteiger partial charge is 0.0379 e. The number of hydrogen-bond donors (Lipinski definition) is 0. The van der Waals surface area contributed by atoms with E-state index in [1.165, 1.54) is 22.3 Å². The summed E-state index contributed by atoms with van der Waals surface area (Å²) < 4.78 is 0. The standard InChI is InChI=1S/C19H15.C3H9Si.Zr/c1-3-7-18-14(5-1)9-11-16(18)13-17-12-10-15-6-2-4-8-19(15)17;1-4(2)3;/h1-13,16-17H;1-3H3;/q-1;;. The molecule has 0 nitrogen and oxygen atoms in total. The zero-order valence-corrected chi connectivity index (χ0v) is 18.1. The summed E-state index contributed by atoms with van der Waals surface area (Å²) in [6.45, 7) is 6.81. The molecule has 0 saturated carbocycles. The van der Waals surface area contributed by atoms with Gasteiger partial charge in [0, 0.05) is 35.0 Å². The van der Waals surface area contributed by atoms with Crippen molar-refractivity contribution in [2.45, 2.75) is 31.5 Å². The van der Waals surface area contributed by atoms with E-state index in [0.29, 0.717) is 11.8 Å². The Balaban J connectivity index is 0.000000379. The number of allylic oxidation sites excluding steroid dienone is 2. The van der Waals surface area contributed by atoms with Crippen LogP contribution in [-0.4, -0.2) is 8.80 Å². The Kier molecular flexibility index (Phi) is 7.19. The maximum absolute atomic E-state index is 2.45. The quantitative estimate of drug-likeness (QED) is 0.412. The van der Waals surface area contributed by atoms with Crippen LogP contribution in [0.3, 0.4) is 0 Å². The van der Waals surface area contributed by atoms with Crippen molar-refractivity contribution in [3.63, 3.8) is 0 Å². The average Bonchev–Trinajstić information content (AvgIpc) is 3.13. The molecule has 2 atom stereocenters. The molecule has 4 rings (SSSR count). The van der Waals surface area contributed by atoms with Crippen LogP contribution in [0.4, 0.5) is 0 Å². The number of fused-ring (bicyclic) bond motifs is 2. The Morgan fingerprint density at radius 3 is 1.50 bits per heavy atom. The second kappa shape index (κ2) is 8.92. The molecule has 0 amide bonds. The summed E-state index contributed by atoms with van der Waals surface area (Å²) in [5, 5.41) is 0. The van der Waals surface area contributed by atoms with Gasteiger partial charge in [-0.2, -0.15) is 0 Å². The van der Waals surface area contributed by atoms with E-state index in [0.717, 1.165) is 0 Å². The fraction of sp³-hybridized carbons (Fsp3) is 0.227. The van der Waals surface area contributed by atoms with Crippen molar-refractivity contribution in [3.8, 4) is 0 Å². The molecule has 121 valence electrons. The molecular formula is C22H24SiZr-. The predicted octanol–water partition coefficient (Wildman–Crippen LogP) is 6.18. The number of rotatable bonds is 2. The summed E-state index contributed by atoms with van der Waals surface area (Å²) >= 11 is 0. The zero-order chi connectivity index (χ0) is 16.2. The number of benzene rings is 2. The molecule has 0 fully saturated rings. The molecule has 0 bridgehead atoms.